The number of rotatable bonds is 5. The molecular weight excluding hydrogens is 304 g/mol. The Bertz CT molecular complexity index is 682. The number of aromatic nitrogens is 3. The van der Waals surface area contributed by atoms with E-state index in [-0.39, 0.29) is 12.2 Å². The average Bonchev–Trinajstić information content (AvgIpc) is 3.07. The number of alkyl carbamates (subject to hydrolysis) is 1. The summed E-state index contributed by atoms with van der Waals surface area (Å²) in [6.45, 7) is 1.16. The average molecular weight is 318 g/mol. The Labute approximate surface area is 131 Å². The summed E-state index contributed by atoms with van der Waals surface area (Å²) in [5.74, 6) is -1.45. The number of ether oxygens (including phenoxy) is 2. The molecule has 0 aliphatic carbocycles. The quantitative estimate of drug-likeness (QED) is 0.807. The van der Waals surface area contributed by atoms with Crippen LogP contribution in [0.3, 0.4) is 0 Å². The van der Waals surface area contributed by atoms with E-state index in [9.17, 15) is 14.4 Å². The molecule has 9 nitrogen and oxygen atoms in total. The number of imide groups is 1. The number of nitrogens with one attached hydrogen (secondary N) is 1. The van der Waals surface area contributed by atoms with Crippen LogP contribution in [0.4, 0.5) is 4.79 Å². The van der Waals surface area contributed by atoms with Gasteiger partial charge in [0, 0.05) is 0 Å². The van der Waals surface area contributed by atoms with Crippen molar-refractivity contribution in [2.24, 2.45) is 0 Å². The maximum atomic E-state index is 11.8. The highest BCUT2D eigenvalue weighted by Crippen LogP contribution is 2.09. The molecule has 1 heterocycles. The topological polar surface area (TPSA) is 112 Å². The van der Waals surface area contributed by atoms with Gasteiger partial charge in [-0.25, -0.2) is 19.3 Å². The monoisotopic (exact) mass is 318 g/mol. The van der Waals surface area contributed by atoms with Crippen LogP contribution in [0.2, 0.25) is 0 Å². The number of hydrogen-bond acceptors (Lipinski definition) is 7. The molecule has 0 aliphatic rings. The third kappa shape index (κ3) is 4.63. The molecule has 2 aromatic rings. The predicted molar refractivity (Wildman–Crippen MR) is 76.8 cm³/mol. The summed E-state index contributed by atoms with van der Waals surface area (Å²) in [6.07, 6.45) is 2.03. The Morgan fingerprint density at radius 2 is 1.91 bits per heavy atom. The van der Waals surface area contributed by atoms with Crippen molar-refractivity contribution < 1.29 is 23.9 Å². The lowest BCUT2D eigenvalue weighted by Gasteiger charge is -2.06. The molecule has 0 aliphatic heterocycles. The van der Waals surface area contributed by atoms with Crippen molar-refractivity contribution in [2.75, 3.05) is 13.2 Å². The third-order valence-corrected chi connectivity index (χ3v) is 2.64. The minimum absolute atomic E-state index is 0.136. The molecule has 2 rings (SSSR count). The summed E-state index contributed by atoms with van der Waals surface area (Å²) in [6, 6.07) is 6.37. The molecule has 0 unspecified atom stereocenters. The fourth-order valence-electron chi connectivity index (χ4n) is 1.62. The first-order valence-electron chi connectivity index (χ1n) is 6.69. The predicted octanol–water partition coefficient (Wildman–Crippen LogP) is 0.697. The largest absolute Gasteiger partial charge is 0.452 e. The van der Waals surface area contributed by atoms with Crippen molar-refractivity contribution >= 4 is 18.0 Å². The zero-order chi connectivity index (χ0) is 16.7. The van der Waals surface area contributed by atoms with Crippen molar-refractivity contribution in [3.63, 3.8) is 0 Å². The molecule has 0 bridgehead atoms. The van der Waals surface area contributed by atoms with Gasteiger partial charge >= 0.3 is 12.1 Å². The van der Waals surface area contributed by atoms with Crippen molar-refractivity contribution in [3.8, 4) is 5.69 Å². The van der Waals surface area contributed by atoms with Gasteiger partial charge in [0.25, 0.3) is 5.91 Å². The second-order valence-corrected chi connectivity index (χ2v) is 4.23. The van der Waals surface area contributed by atoms with E-state index in [1.807, 2.05) is 5.32 Å². The molecule has 1 aromatic carbocycles. The molecular formula is C14H14N4O5. The molecule has 0 radical (unpaired) electrons. The van der Waals surface area contributed by atoms with E-state index in [1.165, 1.54) is 29.5 Å². The highest BCUT2D eigenvalue weighted by atomic mass is 16.6. The maximum absolute atomic E-state index is 11.8. The Morgan fingerprint density at radius 3 is 2.52 bits per heavy atom. The maximum Gasteiger partial charge on any atom is 0.413 e. The summed E-state index contributed by atoms with van der Waals surface area (Å²) < 4.78 is 10.9. The van der Waals surface area contributed by atoms with Crippen LogP contribution in [0.15, 0.2) is 36.9 Å². The van der Waals surface area contributed by atoms with E-state index in [2.05, 4.69) is 14.8 Å². The Hall–Kier alpha value is -3.23. The highest BCUT2D eigenvalue weighted by Gasteiger charge is 2.13. The zero-order valence-electron chi connectivity index (χ0n) is 12.3. The van der Waals surface area contributed by atoms with Gasteiger partial charge in [0.15, 0.2) is 6.61 Å². The summed E-state index contributed by atoms with van der Waals surface area (Å²) in [4.78, 5) is 38.0. The normalized spacial score (nSPS) is 9.96. The summed E-state index contributed by atoms with van der Waals surface area (Å²) >= 11 is 0. The lowest BCUT2D eigenvalue weighted by Crippen LogP contribution is -2.34. The fraction of sp³-hybridized carbons (Fsp3) is 0.214. The van der Waals surface area contributed by atoms with Crippen molar-refractivity contribution in [2.45, 2.75) is 6.92 Å². The van der Waals surface area contributed by atoms with E-state index >= 15 is 0 Å². The van der Waals surface area contributed by atoms with Gasteiger partial charge in [-0.05, 0) is 31.2 Å². The number of esters is 1. The Balaban J connectivity index is 1.86. The van der Waals surface area contributed by atoms with Gasteiger partial charge in [-0.1, -0.05) is 0 Å². The van der Waals surface area contributed by atoms with E-state index in [4.69, 9.17) is 4.74 Å². The number of carbonyl (C=O) groups excluding carboxylic acids is 3. The molecule has 120 valence electrons. The lowest BCUT2D eigenvalue weighted by molar-refractivity contribution is -0.123. The first-order chi connectivity index (χ1) is 11.1. The lowest BCUT2D eigenvalue weighted by atomic mass is 10.2. The molecule has 1 N–H and O–H groups in total. The van der Waals surface area contributed by atoms with Crippen LogP contribution in [-0.4, -0.2) is 45.9 Å². The van der Waals surface area contributed by atoms with E-state index in [0.717, 1.165) is 5.69 Å². The standard InChI is InChI=1S/C14H14N4O5/c1-2-22-14(21)17-12(19)7-23-13(20)10-3-5-11(6-4-10)18-9-15-8-16-18/h3-6,8-9H,2,7H2,1H3,(H,17,19,21). The fourth-order valence-corrected chi connectivity index (χ4v) is 1.62. The van der Waals surface area contributed by atoms with Crippen molar-refractivity contribution in [1.82, 2.24) is 20.1 Å². The van der Waals surface area contributed by atoms with Crippen LogP contribution in [0.1, 0.15) is 17.3 Å². The first kappa shape index (κ1) is 16.1. The summed E-state index contributed by atoms with van der Waals surface area (Å²) in [5, 5.41) is 5.88. The molecule has 9 heteroatoms. The van der Waals surface area contributed by atoms with E-state index < -0.39 is 24.6 Å². The molecule has 0 saturated heterocycles. The molecule has 0 spiro atoms. The van der Waals surface area contributed by atoms with Crippen LogP contribution < -0.4 is 5.32 Å². The van der Waals surface area contributed by atoms with Crippen LogP contribution in [-0.2, 0) is 14.3 Å². The van der Waals surface area contributed by atoms with Crippen molar-refractivity contribution in [1.29, 1.82) is 0 Å². The van der Waals surface area contributed by atoms with E-state index in [1.54, 1.807) is 19.1 Å². The first-order valence-corrected chi connectivity index (χ1v) is 6.69. The molecule has 1 aromatic heterocycles. The summed E-state index contributed by atoms with van der Waals surface area (Å²) in [7, 11) is 0. The number of benzene rings is 1. The molecule has 0 saturated carbocycles. The van der Waals surface area contributed by atoms with Gasteiger partial charge in [-0.3, -0.25) is 10.1 Å². The Kier molecular flexibility index (Phi) is 5.40. The van der Waals surface area contributed by atoms with E-state index in [0.29, 0.717) is 0 Å². The van der Waals surface area contributed by atoms with Crippen molar-refractivity contribution in [3.05, 3.63) is 42.5 Å². The van der Waals surface area contributed by atoms with Gasteiger partial charge < -0.3 is 9.47 Å². The number of hydrogen-bond donors (Lipinski definition) is 1. The number of nitrogens with zero attached hydrogens (tertiary/aromatic N) is 3. The van der Waals surface area contributed by atoms with Crippen LogP contribution in [0.25, 0.3) is 5.69 Å². The molecule has 23 heavy (non-hydrogen) atoms. The molecule has 0 fully saturated rings. The molecule has 2 amide bonds. The van der Waals surface area contributed by atoms with Gasteiger partial charge in [0.05, 0.1) is 17.9 Å². The minimum Gasteiger partial charge on any atom is -0.452 e. The Morgan fingerprint density at radius 1 is 1.17 bits per heavy atom. The zero-order valence-corrected chi connectivity index (χ0v) is 12.3. The minimum atomic E-state index is -0.884. The summed E-state index contributed by atoms with van der Waals surface area (Å²) in [5.41, 5.74) is 0.983. The molecule has 0 atom stereocenters. The van der Waals surface area contributed by atoms with Gasteiger partial charge in [-0.15, -0.1) is 0 Å². The van der Waals surface area contributed by atoms with Gasteiger partial charge in [0.1, 0.15) is 12.7 Å². The van der Waals surface area contributed by atoms with Crippen LogP contribution in [0, 0.1) is 0 Å². The SMILES string of the molecule is CCOC(=O)NC(=O)COC(=O)c1ccc(-n2cncn2)cc1. The van der Waals surface area contributed by atoms with Crippen LogP contribution in [0.5, 0.6) is 0 Å². The highest BCUT2D eigenvalue weighted by molar-refractivity contribution is 5.95. The second-order valence-electron chi connectivity index (χ2n) is 4.23. The third-order valence-electron chi connectivity index (χ3n) is 2.64. The van der Waals surface area contributed by atoms with Gasteiger partial charge in [-0.2, -0.15) is 5.10 Å². The van der Waals surface area contributed by atoms with Gasteiger partial charge in [0.2, 0.25) is 0 Å². The van der Waals surface area contributed by atoms with Crippen LogP contribution >= 0.6 is 0 Å². The smallest absolute Gasteiger partial charge is 0.413 e. The number of carbonyl (C=O) groups is 3. The number of amides is 2. The second kappa shape index (κ2) is 7.69.